The fraction of sp³-hybridized carbons (Fsp3) is 0. The average Bonchev–Trinajstić information content (AvgIpc) is 3.44. The summed E-state index contributed by atoms with van der Waals surface area (Å²) in [4.78, 5) is 15.0. The third kappa shape index (κ3) is 4.25. The Bertz CT molecular complexity index is 2140. The monoisotopic (exact) mass is 589 g/mol. The molecule has 0 amide bonds. The van der Waals surface area contributed by atoms with Crippen LogP contribution in [0.2, 0.25) is 0 Å². The second-order valence-corrected chi connectivity index (χ2v) is 12.3. The van der Waals surface area contributed by atoms with Crippen LogP contribution < -0.4 is 0 Å². The summed E-state index contributed by atoms with van der Waals surface area (Å²) < 4.78 is 2.78. The zero-order valence-corrected chi connectivity index (χ0v) is 23.7. The van der Waals surface area contributed by atoms with Gasteiger partial charge in [0.1, 0.15) is 0 Å². The van der Waals surface area contributed by atoms with Crippen LogP contribution in [-0.2, 0) is 0 Å². The molecule has 8 rings (SSSR count). The van der Waals surface area contributed by atoms with Gasteiger partial charge in [0.25, 0.3) is 0 Å². The van der Waals surface area contributed by atoms with Gasteiger partial charge >= 0.3 is 244 Å². The Kier molecular flexibility index (Phi) is 5.81. The fourth-order valence-corrected chi connectivity index (χ4v) is 8.20. The summed E-state index contributed by atoms with van der Waals surface area (Å²) >= 11 is 0.167. The molecular formula is C37H23N3Se. The summed E-state index contributed by atoms with van der Waals surface area (Å²) in [5.74, 6) is 2.07. The topological polar surface area (TPSA) is 38.7 Å². The van der Waals surface area contributed by atoms with Gasteiger partial charge in [-0.1, -0.05) is 0 Å². The molecule has 0 radical (unpaired) electrons. The van der Waals surface area contributed by atoms with Gasteiger partial charge in [0.15, 0.2) is 0 Å². The number of rotatable bonds is 4. The molecule has 0 aliphatic rings. The van der Waals surface area contributed by atoms with Gasteiger partial charge in [-0.15, -0.1) is 0 Å². The normalized spacial score (nSPS) is 11.4. The second kappa shape index (κ2) is 9.94. The third-order valence-electron chi connectivity index (χ3n) is 7.52. The van der Waals surface area contributed by atoms with E-state index in [1.807, 2.05) is 36.4 Å². The van der Waals surface area contributed by atoms with Crippen molar-refractivity contribution in [1.82, 2.24) is 15.0 Å². The Labute approximate surface area is 243 Å². The molecule has 4 heteroatoms. The molecule has 2 heterocycles. The number of hydrogen-bond acceptors (Lipinski definition) is 3. The molecule has 8 aromatic rings. The van der Waals surface area contributed by atoms with Gasteiger partial charge in [-0.2, -0.15) is 0 Å². The summed E-state index contributed by atoms with van der Waals surface area (Å²) in [5.41, 5.74) is 5.57. The van der Waals surface area contributed by atoms with E-state index in [-0.39, 0.29) is 14.5 Å². The van der Waals surface area contributed by atoms with E-state index in [1.165, 1.54) is 41.2 Å². The van der Waals surface area contributed by atoms with Gasteiger partial charge in [-0.25, -0.2) is 0 Å². The minimum absolute atomic E-state index is 0.167. The molecule has 0 fully saturated rings. The Hall–Kier alpha value is -4.89. The molecule has 2 aromatic heterocycles. The Morgan fingerprint density at radius 3 is 1.76 bits per heavy atom. The molecule has 0 aliphatic heterocycles. The molecule has 192 valence electrons. The summed E-state index contributed by atoms with van der Waals surface area (Å²) in [6.07, 6.45) is 0. The Morgan fingerprint density at radius 1 is 0.415 bits per heavy atom. The van der Waals surface area contributed by atoms with E-state index in [2.05, 4.69) is 103 Å². The number of hydrogen-bond donors (Lipinski definition) is 0. The Morgan fingerprint density at radius 2 is 1.02 bits per heavy atom. The maximum atomic E-state index is 5.05. The molecule has 0 N–H and O–H groups in total. The predicted molar refractivity (Wildman–Crippen MR) is 171 cm³/mol. The molecular weight excluding hydrogens is 565 g/mol. The van der Waals surface area contributed by atoms with Crippen LogP contribution in [0.15, 0.2) is 140 Å². The summed E-state index contributed by atoms with van der Waals surface area (Å²) in [5, 5.41) is 5.05. The summed E-state index contributed by atoms with van der Waals surface area (Å²) in [6.45, 7) is 0. The molecule has 0 unspecified atom stereocenters. The number of nitrogens with zero attached hydrogens (tertiary/aromatic N) is 3. The van der Waals surface area contributed by atoms with Crippen molar-refractivity contribution in [3.63, 3.8) is 0 Å². The SMILES string of the molecule is c1ccc(-c2nc(-c3ccccc3)nc(-c3cccc4[se]c5c(-c6ccc7ccccc7c6)cccc5c34)n2)cc1. The standard InChI is InChI=1S/C37H23N3Se/c1-3-12-25(13-4-1)35-38-36(26-14-5-2-6-15-26)40-37(39-35)31-19-10-20-32-33(31)30-18-9-17-29(34(30)41-32)28-22-21-24-11-7-8-16-27(24)23-28/h1-23H. The van der Waals surface area contributed by atoms with Crippen molar-refractivity contribution < 1.29 is 0 Å². The van der Waals surface area contributed by atoms with Gasteiger partial charge in [-0.3, -0.25) is 0 Å². The van der Waals surface area contributed by atoms with Crippen LogP contribution in [0.5, 0.6) is 0 Å². The van der Waals surface area contributed by atoms with Crippen LogP contribution in [0, 0.1) is 0 Å². The molecule has 0 saturated heterocycles. The molecule has 0 aliphatic carbocycles. The van der Waals surface area contributed by atoms with Gasteiger partial charge in [0.2, 0.25) is 0 Å². The first-order chi connectivity index (χ1) is 20.3. The van der Waals surface area contributed by atoms with E-state index in [1.54, 1.807) is 0 Å². The average molecular weight is 589 g/mol. The molecule has 41 heavy (non-hydrogen) atoms. The molecule has 0 atom stereocenters. The summed E-state index contributed by atoms with van der Waals surface area (Å²) in [6, 6.07) is 49.0. The van der Waals surface area contributed by atoms with Crippen molar-refractivity contribution in [3.05, 3.63) is 140 Å². The molecule has 0 bridgehead atoms. The van der Waals surface area contributed by atoms with Crippen molar-refractivity contribution >= 4 is 44.6 Å². The van der Waals surface area contributed by atoms with Crippen LogP contribution in [0.4, 0.5) is 0 Å². The third-order valence-corrected chi connectivity index (χ3v) is 10.0. The summed E-state index contributed by atoms with van der Waals surface area (Å²) in [7, 11) is 0. The van der Waals surface area contributed by atoms with Gasteiger partial charge < -0.3 is 0 Å². The molecule has 0 spiro atoms. The van der Waals surface area contributed by atoms with E-state index in [9.17, 15) is 0 Å². The van der Waals surface area contributed by atoms with E-state index >= 15 is 0 Å². The molecule has 3 nitrogen and oxygen atoms in total. The molecule has 6 aromatic carbocycles. The zero-order valence-electron chi connectivity index (χ0n) is 22.0. The van der Waals surface area contributed by atoms with Crippen molar-refractivity contribution in [2.24, 2.45) is 0 Å². The van der Waals surface area contributed by atoms with Gasteiger partial charge in [-0.05, 0) is 0 Å². The fourth-order valence-electron chi connectivity index (χ4n) is 5.55. The zero-order chi connectivity index (χ0) is 27.2. The van der Waals surface area contributed by atoms with Gasteiger partial charge in [0, 0.05) is 0 Å². The van der Waals surface area contributed by atoms with Crippen LogP contribution in [0.25, 0.3) is 75.4 Å². The first kappa shape index (κ1) is 24.0. The van der Waals surface area contributed by atoms with Crippen LogP contribution >= 0.6 is 0 Å². The Balaban J connectivity index is 1.36. The minimum atomic E-state index is 0.167. The second-order valence-electron chi connectivity index (χ2n) is 10.1. The van der Waals surface area contributed by atoms with Crippen molar-refractivity contribution in [1.29, 1.82) is 0 Å². The predicted octanol–water partition coefficient (Wildman–Crippen LogP) is 9.06. The molecule has 0 saturated carbocycles. The van der Waals surface area contributed by atoms with E-state index in [4.69, 9.17) is 15.0 Å². The first-order valence-corrected chi connectivity index (χ1v) is 15.3. The number of fused-ring (bicyclic) bond motifs is 4. The van der Waals surface area contributed by atoms with Gasteiger partial charge in [0.05, 0.1) is 0 Å². The first-order valence-electron chi connectivity index (χ1n) is 13.6. The van der Waals surface area contributed by atoms with Crippen LogP contribution in [0.1, 0.15) is 0 Å². The van der Waals surface area contributed by atoms with E-state index < -0.39 is 0 Å². The van der Waals surface area contributed by atoms with Crippen molar-refractivity contribution in [2.75, 3.05) is 0 Å². The number of aromatic nitrogens is 3. The number of benzene rings is 6. The van der Waals surface area contributed by atoms with Crippen LogP contribution in [0.3, 0.4) is 0 Å². The van der Waals surface area contributed by atoms with E-state index in [0.717, 1.165) is 16.7 Å². The maximum absolute atomic E-state index is 5.05. The quantitative estimate of drug-likeness (QED) is 0.193. The van der Waals surface area contributed by atoms with Crippen LogP contribution in [-0.4, -0.2) is 29.5 Å². The van der Waals surface area contributed by atoms with E-state index in [0.29, 0.717) is 17.5 Å². The van der Waals surface area contributed by atoms with Crippen molar-refractivity contribution in [3.8, 4) is 45.3 Å². The van der Waals surface area contributed by atoms with Crippen molar-refractivity contribution in [2.45, 2.75) is 0 Å².